The number of carbonyl (C=O) groups is 1. The van der Waals surface area contributed by atoms with Gasteiger partial charge in [0, 0.05) is 5.82 Å². The molecule has 1 atom stereocenters. The van der Waals surface area contributed by atoms with E-state index in [1.165, 1.54) is 7.11 Å². The predicted molar refractivity (Wildman–Crippen MR) is 108 cm³/mol. The highest BCUT2D eigenvalue weighted by Crippen LogP contribution is 2.42. The molecule has 2 aromatic rings. The first-order valence-corrected chi connectivity index (χ1v) is 9.47. The molecular weight excluding hydrogens is 355 g/mol. The third-order valence-electron chi connectivity index (χ3n) is 5.50. The summed E-state index contributed by atoms with van der Waals surface area (Å²) in [4.78, 5) is 12.0. The number of hydrogen-bond acceptors (Lipinski definition) is 5. The molecule has 0 radical (unpaired) electrons. The molecule has 0 aromatic heterocycles. The summed E-state index contributed by atoms with van der Waals surface area (Å²) in [6.45, 7) is 8.00. The molecule has 148 valence electrons. The molecule has 1 unspecified atom stereocenters. The molecule has 0 aliphatic carbocycles. The molecule has 1 fully saturated rings. The zero-order valence-corrected chi connectivity index (χ0v) is 17.1. The third-order valence-corrected chi connectivity index (χ3v) is 5.50. The van der Waals surface area contributed by atoms with Gasteiger partial charge in [-0.25, -0.2) is 0 Å². The maximum atomic E-state index is 12.0. The lowest BCUT2D eigenvalue weighted by Crippen LogP contribution is -2.41. The van der Waals surface area contributed by atoms with Crippen LogP contribution in [0.25, 0.3) is 0 Å². The number of para-hydroxylation sites is 1. The molecule has 2 aromatic carbocycles. The molecular formula is C22H27BO5. The summed E-state index contributed by atoms with van der Waals surface area (Å²) in [5, 5.41) is 0. The van der Waals surface area contributed by atoms with Gasteiger partial charge in [0.15, 0.2) is 0 Å². The Labute approximate surface area is 167 Å². The van der Waals surface area contributed by atoms with Crippen LogP contribution in [0.5, 0.6) is 11.5 Å². The van der Waals surface area contributed by atoms with Crippen LogP contribution >= 0.6 is 0 Å². The molecule has 6 heteroatoms. The first-order valence-electron chi connectivity index (χ1n) is 9.47. The molecule has 0 saturated carbocycles. The summed E-state index contributed by atoms with van der Waals surface area (Å²) < 4.78 is 23.1. The second-order valence-corrected chi connectivity index (χ2v) is 8.00. The normalized spacial score (nSPS) is 18.5. The van der Waals surface area contributed by atoms with Crippen molar-refractivity contribution in [3.8, 4) is 11.5 Å². The van der Waals surface area contributed by atoms with Gasteiger partial charge >= 0.3 is 13.1 Å². The maximum Gasteiger partial charge on any atom is 0.466 e. The van der Waals surface area contributed by atoms with Gasteiger partial charge in [-0.2, -0.15) is 0 Å². The molecule has 1 aliphatic rings. The minimum atomic E-state index is -0.537. The fourth-order valence-corrected chi connectivity index (χ4v) is 3.09. The standard InChI is InChI=1S/C22H27BO5/c1-21(2)22(3,4)28-23(27-21)19(15-20(24)25-5)16-11-13-18(14-12-16)26-17-9-7-6-8-10-17/h6-14,19H,15H2,1-5H3. The van der Waals surface area contributed by atoms with Crippen molar-refractivity contribution in [1.82, 2.24) is 0 Å². The van der Waals surface area contributed by atoms with Crippen molar-refractivity contribution in [1.29, 1.82) is 0 Å². The van der Waals surface area contributed by atoms with Gasteiger partial charge in [-0.15, -0.1) is 0 Å². The molecule has 0 N–H and O–H groups in total. The van der Waals surface area contributed by atoms with Crippen molar-refractivity contribution in [3.05, 3.63) is 60.2 Å². The van der Waals surface area contributed by atoms with E-state index in [0.29, 0.717) is 0 Å². The lowest BCUT2D eigenvalue weighted by atomic mass is 9.66. The summed E-state index contributed by atoms with van der Waals surface area (Å²) in [6.07, 6.45) is 0.173. The van der Waals surface area contributed by atoms with Crippen LogP contribution in [0, 0.1) is 0 Å². The van der Waals surface area contributed by atoms with Gasteiger partial charge in [-0.05, 0) is 57.5 Å². The van der Waals surface area contributed by atoms with Crippen molar-refractivity contribution in [2.45, 2.75) is 51.1 Å². The third kappa shape index (κ3) is 4.40. The Morgan fingerprint density at radius 2 is 1.46 bits per heavy atom. The molecule has 0 spiro atoms. The smallest absolute Gasteiger partial charge is 0.466 e. The number of methoxy groups -OCH3 is 1. The van der Waals surface area contributed by atoms with Crippen molar-refractivity contribution < 1.29 is 23.6 Å². The Balaban J connectivity index is 1.81. The van der Waals surface area contributed by atoms with Crippen molar-refractivity contribution in [3.63, 3.8) is 0 Å². The molecule has 5 nitrogen and oxygen atoms in total. The highest BCUT2D eigenvalue weighted by atomic mass is 16.7. The van der Waals surface area contributed by atoms with Crippen molar-refractivity contribution >= 4 is 13.1 Å². The van der Waals surface area contributed by atoms with E-state index in [0.717, 1.165) is 17.1 Å². The van der Waals surface area contributed by atoms with E-state index >= 15 is 0 Å². The Morgan fingerprint density at radius 3 is 2.00 bits per heavy atom. The van der Waals surface area contributed by atoms with E-state index < -0.39 is 18.3 Å². The summed E-state index contributed by atoms with van der Waals surface area (Å²) >= 11 is 0. The van der Waals surface area contributed by atoms with Gasteiger partial charge in [0.05, 0.1) is 24.7 Å². The van der Waals surface area contributed by atoms with Crippen LogP contribution in [0.3, 0.4) is 0 Å². The number of hydrogen-bond donors (Lipinski definition) is 0. The minimum Gasteiger partial charge on any atom is -0.469 e. The second kappa shape index (κ2) is 7.98. The fraction of sp³-hybridized carbons (Fsp3) is 0.409. The first kappa shape index (κ1) is 20.4. The van der Waals surface area contributed by atoms with E-state index in [1.807, 2.05) is 82.3 Å². The summed E-state index contributed by atoms with van der Waals surface area (Å²) in [5.74, 6) is 0.914. The molecule has 3 rings (SSSR count). The van der Waals surface area contributed by atoms with E-state index in [-0.39, 0.29) is 18.2 Å². The number of rotatable bonds is 6. The van der Waals surface area contributed by atoms with Gasteiger partial charge in [-0.1, -0.05) is 30.3 Å². The summed E-state index contributed by atoms with van der Waals surface area (Å²) in [7, 11) is 0.852. The highest BCUT2D eigenvalue weighted by Gasteiger charge is 2.54. The van der Waals surface area contributed by atoms with Crippen LogP contribution in [0.1, 0.15) is 45.5 Å². The van der Waals surface area contributed by atoms with E-state index in [1.54, 1.807) is 0 Å². The minimum absolute atomic E-state index is 0.173. The molecule has 28 heavy (non-hydrogen) atoms. The van der Waals surface area contributed by atoms with Gasteiger partial charge in [-0.3, -0.25) is 4.79 Å². The number of ether oxygens (including phenoxy) is 2. The molecule has 1 aliphatic heterocycles. The first-order chi connectivity index (χ1) is 13.2. The molecule has 0 amide bonds. The Morgan fingerprint density at radius 1 is 0.929 bits per heavy atom. The van der Waals surface area contributed by atoms with Gasteiger partial charge in [0.2, 0.25) is 0 Å². The molecule has 0 bridgehead atoms. The van der Waals surface area contributed by atoms with Gasteiger partial charge in [0.25, 0.3) is 0 Å². The lowest BCUT2D eigenvalue weighted by molar-refractivity contribution is -0.140. The van der Waals surface area contributed by atoms with Crippen LogP contribution < -0.4 is 4.74 Å². The molecule has 1 saturated heterocycles. The van der Waals surface area contributed by atoms with Crippen molar-refractivity contribution in [2.75, 3.05) is 7.11 Å². The SMILES string of the molecule is COC(=O)CC(B1OC(C)(C)C(C)(C)O1)c1ccc(Oc2ccccc2)cc1. The summed E-state index contributed by atoms with van der Waals surface area (Å²) in [6, 6.07) is 17.3. The van der Waals surface area contributed by atoms with E-state index in [2.05, 4.69) is 0 Å². The van der Waals surface area contributed by atoms with Gasteiger partial charge < -0.3 is 18.8 Å². The van der Waals surface area contributed by atoms with Crippen LogP contribution in [-0.4, -0.2) is 31.4 Å². The number of esters is 1. The largest absolute Gasteiger partial charge is 0.469 e. The van der Waals surface area contributed by atoms with E-state index in [4.69, 9.17) is 18.8 Å². The number of carbonyl (C=O) groups excluding carboxylic acids is 1. The zero-order chi connectivity index (χ0) is 20.4. The highest BCUT2D eigenvalue weighted by molar-refractivity contribution is 6.48. The second-order valence-electron chi connectivity index (χ2n) is 8.00. The monoisotopic (exact) mass is 382 g/mol. The number of benzene rings is 2. The zero-order valence-electron chi connectivity index (χ0n) is 17.1. The summed E-state index contributed by atoms with van der Waals surface area (Å²) in [5.41, 5.74) is -0.00514. The predicted octanol–water partition coefficient (Wildman–Crippen LogP) is 4.76. The lowest BCUT2D eigenvalue weighted by Gasteiger charge is -2.32. The Bertz CT molecular complexity index is 785. The maximum absolute atomic E-state index is 12.0. The average molecular weight is 382 g/mol. The Kier molecular flexibility index (Phi) is 5.82. The van der Waals surface area contributed by atoms with Gasteiger partial charge in [0.1, 0.15) is 11.5 Å². The fourth-order valence-electron chi connectivity index (χ4n) is 3.09. The van der Waals surface area contributed by atoms with Crippen LogP contribution in [0.4, 0.5) is 0 Å². The molecule has 1 heterocycles. The topological polar surface area (TPSA) is 54.0 Å². The van der Waals surface area contributed by atoms with Crippen LogP contribution in [0.2, 0.25) is 0 Å². The van der Waals surface area contributed by atoms with E-state index in [9.17, 15) is 4.79 Å². The van der Waals surface area contributed by atoms with Crippen molar-refractivity contribution in [2.24, 2.45) is 0 Å². The quantitative estimate of drug-likeness (QED) is 0.533. The average Bonchev–Trinajstić information content (AvgIpc) is 2.88. The Hall–Kier alpha value is -2.31. The van der Waals surface area contributed by atoms with Crippen LogP contribution in [0.15, 0.2) is 54.6 Å². The van der Waals surface area contributed by atoms with Crippen LogP contribution in [-0.2, 0) is 18.8 Å².